The Hall–Kier alpha value is -1.02. The van der Waals surface area contributed by atoms with E-state index in [1.54, 1.807) is 0 Å². The molecule has 1 unspecified atom stereocenters. The summed E-state index contributed by atoms with van der Waals surface area (Å²) in [6.45, 7) is 8.92. The lowest BCUT2D eigenvalue weighted by atomic mass is 10.2. The second kappa shape index (κ2) is 6.54. The molecule has 0 fully saturated rings. The van der Waals surface area contributed by atoms with E-state index in [2.05, 4.69) is 62.3 Å². The molecule has 0 aliphatic heterocycles. The van der Waals surface area contributed by atoms with Gasteiger partial charge in [0.05, 0.1) is 0 Å². The Morgan fingerprint density at radius 1 is 1.12 bits per heavy atom. The summed E-state index contributed by atoms with van der Waals surface area (Å²) >= 11 is 0. The van der Waals surface area contributed by atoms with Crippen LogP contribution in [0.3, 0.4) is 0 Å². The van der Waals surface area contributed by atoms with Gasteiger partial charge in [-0.2, -0.15) is 0 Å². The summed E-state index contributed by atoms with van der Waals surface area (Å²) in [7, 11) is 2.19. The van der Waals surface area contributed by atoms with Crippen LogP contribution in [0.5, 0.6) is 0 Å². The fourth-order valence-electron chi connectivity index (χ4n) is 1.73. The molecule has 1 atom stereocenters. The minimum atomic E-state index is 0.558. The average Bonchev–Trinajstić information content (AvgIpc) is 2.26. The van der Waals surface area contributed by atoms with Crippen molar-refractivity contribution in [1.82, 2.24) is 4.90 Å². The standard InChI is InChI=1S/C14H24N2/c1-12(2)11-16(4)13(3)10-15-14-8-6-5-7-9-14/h5-9,12-13,15H,10-11H2,1-4H3. The number of hydrogen-bond acceptors (Lipinski definition) is 2. The molecule has 0 saturated carbocycles. The van der Waals surface area contributed by atoms with Gasteiger partial charge in [-0.25, -0.2) is 0 Å². The highest BCUT2D eigenvalue weighted by molar-refractivity contribution is 5.42. The molecule has 90 valence electrons. The van der Waals surface area contributed by atoms with Crippen LogP contribution in [-0.2, 0) is 0 Å². The Morgan fingerprint density at radius 3 is 2.31 bits per heavy atom. The summed E-state index contributed by atoms with van der Waals surface area (Å²) in [4.78, 5) is 2.40. The zero-order valence-electron chi connectivity index (χ0n) is 10.9. The van der Waals surface area contributed by atoms with Crippen LogP contribution >= 0.6 is 0 Å². The monoisotopic (exact) mass is 220 g/mol. The molecule has 16 heavy (non-hydrogen) atoms. The third kappa shape index (κ3) is 4.67. The van der Waals surface area contributed by atoms with Crippen LogP contribution in [-0.4, -0.2) is 31.1 Å². The third-order valence-electron chi connectivity index (χ3n) is 2.78. The molecule has 0 aliphatic carbocycles. The van der Waals surface area contributed by atoms with Crippen molar-refractivity contribution >= 4 is 5.69 Å². The maximum Gasteiger partial charge on any atom is 0.0340 e. The smallest absolute Gasteiger partial charge is 0.0340 e. The summed E-state index contributed by atoms with van der Waals surface area (Å²) < 4.78 is 0. The lowest BCUT2D eigenvalue weighted by molar-refractivity contribution is 0.239. The topological polar surface area (TPSA) is 15.3 Å². The summed E-state index contributed by atoms with van der Waals surface area (Å²) in [5.41, 5.74) is 1.20. The number of hydrogen-bond donors (Lipinski definition) is 1. The highest BCUT2D eigenvalue weighted by Gasteiger charge is 2.09. The van der Waals surface area contributed by atoms with Crippen LogP contribution in [0.25, 0.3) is 0 Å². The lowest BCUT2D eigenvalue weighted by Crippen LogP contribution is -2.37. The minimum absolute atomic E-state index is 0.558. The van der Waals surface area contributed by atoms with E-state index in [4.69, 9.17) is 0 Å². The van der Waals surface area contributed by atoms with E-state index in [9.17, 15) is 0 Å². The molecular weight excluding hydrogens is 196 g/mol. The van der Waals surface area contributed by atoms with Crippen LogP contribution in [0.15, 0.2) is 30.3 Å². The number of nitrogens with one attached hydrogen (secondary N) is 1. The van der Waals surface area contributed by atoms with Crippen molar-refractivity contribution in [2.24, 2.45) is 5.92 Å². The van der Waals surface area contributed by atoms with Gasteiger partial charge in [-0.05, 0) is 32.0 Å². The first-order chi connectivity index (χ1) is 7.59. The fourth-order valence-corrected chi connectivity index (χ4v) is 1.73. The van der Waals surface area contributed by atoms with E-state index in [0.717, 1.165) is 19.0 Å². The predicted molar refractivity (Wildman–Crippen MR) is 71.9 cm³/mol. The Morgan fingerprint density at radius 2 is 1.75 bits per heavy atom. The molecule has 0 aliphatic rings. The molecule has 2 nitrogen and oxygen atoms in total. The van der Waals surface area contributed by atoms with Gasteiger partial charge >= 0.3 is 0 Å². The Bertz CT molecular complexity index is 282. The average molecular weight is 220 g/mol. The van der Waals surface area contributed by atoms with Crippen LogP contribution in [0.4, 0.5) is 5.69 Å². The molecule has 0 aromatic heterocycles. The van der Waals surface area contributed by atoms with Crippen LogP contribution in [0.2, 0.25) is 0 Å². The number of benzene rings is 1. The molecule has 0 saturated heterocycles. The number of nitrogens with zero attached hydrogens (tertiary/aromatic N) is 1. The van der Waals surface area contributed by atoms with Crippen molar-refractivity contribution in [3.8, 4) is 0 Å². The van der Waals surface area contributed by atoms with Gasteiger partial charge in [0.25, 0.3) is 0 Å². The van der Waals surface area contributed by atoms with Gasteiger partial charge in [-0.3, -0.25) is 0 Å². The zero-order valence-corrected chi connectivity index (χ0v) is 10.9. The van der Waals surface area contributed by atoms with Crippen molar-refractivity contribution in [2.75, 3.05) is 25.5 Å². The van der Waals surface area contributed by atoms with Gasteiger partial charge in [0.2, 0.25) is 0 Å². The highest BCUT2D eigenvalue weighted by Crippen LogP contribution is 2.07. The Kier molecular flexibility index (Phi) is 5.33. The Labute approximate surface area is 99.7 Å². The molecule has 0 amide bonds. The molecule has 1 N–H and O–H groups in total. The molecular formula is C14H24N2. The molecule has 1 rings (SSSR count). The molecule has 1 aromatic carbocycles. The summed E-state index contributed by atoms with van der Waals surface area (Å²) in [6.07, 6.45) is 0. The number of para-hydroxylation sites is 1. The van der Waals surface area contributed by atoms with Gasteiger partial charge in [0, 0.05) is 24.8 Å². The summed E-state index contributed by atoms with van der Waals surface area (Å²) in [6, 6.07) is 10.9. The van der Waals surface area contributed by atoms with Crippen LogP contribution < -0.4 is 5.32 Å². The lowest BCUT2D eigenvalue weighted by Gasteiger charge is -2.26. The highest BCUT2D eigenvalue weighted by atomic mass is 15.1. The van der Waals surface area contributed by atoms with Gasteiger partial charge in [0.15, 0.2) is 0 Å². The summed E-state index contributed by atoms with van der Waals surface area (Å²) in [5.74, 6) is 0.726. The quantitative estimate of drug-likeness (QED) is 0.792. The second-order valence-corrected chi connectivity index (χ2v) is 4.93. The van der Waals surface area contributed by atoms with Crippen LogP contribution in [0.1, 0.15) is 20.8 Å². The minimum Gasteiger partial charge on any atom is -0.383 e. The third-order valence-corrected chi connectivity index (χ3v) is 2.78. The molecule has 0 bridgehead atoms. The predicted octanol–water partition coefficient (Wildman–Crippen LogP) is 3.07. The maximum absolute atomic E-state index is 3.46. The zero-order chi connectivity index (χ0) is 12.0. The Balaban J connectivity index is 2.32. The van der Waals surface area contributed by atoms with Crippen molar-refractivity contribution in [3.63, 3.8) is 0 Å². The van der Waals surface area contributed by atoms with Crippen molar-refractivity contribution in [3.05, 3.63) is 30.3 Å². The number of likely N-dealkylation sites (N-methyl/N-ethyl adjacent to an activating group) is 1. The SMILES string of the molecule is CC(C)CN(C)C(C)CNc1ccccc1. The molecule has 1 aromatic rings. The first kappa shape index (κ1) is 13.0. The van der Waals surface area contributed by atoms with E-state index in [0.29, 0.717) is 6.04 Å². The summed E-state index contributed by atoms with van der Waals surface area (Å²) in [5, 5.41) is 3.46. The normalized spacial score (nSPS) is 13.1. The van der Waals surface area contributed by atoms with Crippen molar-refractivity contribution in [1.29, 1.82) is 0 Å². The van der Waals surface area contributed by atoms with E-state index in [-0.39, 0.29) is 0 Å². The van der Waals surface area contributed by atoms with Gasteiger partial charge in [-0.1, -0.05) is 32.0 Å². The van der Waals surface area contributed by atoms with Gasteiger partial charge in [-0.15, -0.1) is 0 Å². The molecule has 0 radical (unpaired) electrons. The maximum atomic E-state index is 3.46. The fraction of sp³-hybridized carbons (Fsp3) is 0.571. The number of anilines is 1. The molecule has 0 heterocycles. The van der Waals surface area contributed by atoms with E-state index >= 15 is 0 Å². The largest absolute Gasteiger partial charge is 0.383 e. The second-order valence-electron chi connectivity index (χ2n) is 4.93. The van der Waals surface area contributed by atoms with Crippen molar-refractivity contribution in [2.45, 2.75) is 26.8 Å². The van der Waals surface area contributed by atoms with Gasteiger partial charge < -0.3 is 10.2 Å². The number of rotatable bonds is 6. The molecule has 2 heteroatoms. The molecule has 0 spiro atoms. The first-order valence-corrected chi connectivity index (χ1v) is 6.08. The van der Waals surface area contributed by atoms with E-state index < -0.39 is 0 Å². The van der Waals surface area contributed by atoms with Crippen molar-refractivity contribution < 1.29 is 0 Å². The van der Waals surface area contributed by atoms with E-state index in [1.165, 1.54) is 5.69 Å². The van der Waals surface area contributed by atoms with Gasteiger partial charge in [0.1, 0.15) is 0 Å². The first-order valence-electron chi connectivity index (χ1n) is 6.08. The van der Waals surface area contributed by atoms with E-state index in [1.807, 2.05) is 6.07 Å². The van der Waals surface area contributed by atoms with Crippen LogP contribution in [0, 0.1) is 5.92 Å².